The zero-order chi connectivity index (χ0) is 25.0. The highest BCUT2D eigenvalue weighted by atomic mass is 31.2. The maximum atomic E-state index is 14.0. The molecule has 1 saturated heterocycles. The number of ether oxygens (including phenoxy) is 4. The van der Waals surface area contributed by atoms with Crippen LogP contribution in [0.15, 0.2) is 41.2 Å². The SMILES string of the molecule is COc1cc2c(=O)n(CCN(C)P3(=O)OCCO3)c3c4cc5c(cc4ccc3c2cc1OC)OCO5. The Balaban J connectivity index is 1.62. The summed E-state index contributed by atoms with van der Waals surface area (Å²) in [6.07, 6.45) is 0. The van der Waals surface area contributed by atoms with Gasteiger partial charge in [0.1, 0.15) is 0 Å². The number of methoxy groups -OCH3 is 2. The van der Waals surface area contributed by atoms with E-state index in [0.29, 0.717) is 28.4 Å². The van der Waals surface area contributed by atoms with E-state index in [1.54, 1.807) is 24.8 Å². The Hall–Kier alpha value is -3.30. The van der Waals surface area contributed by atoms with E-state index in [2.05, 4.69) is 0 Å². The summed E-state index contributed by atoms with van der Waals surface area (Å²) in [6.45, 7) is 1.22. The fourth-order valence-corrected chi connectivity index (χ4v) is 6.27. The van der Waals surface area contributed by atoms with E-state index in [1.807, 2.05) is 30.3 Å². The van der Waals surface area contributed by atoms with Crippen LogP contribution in [-0.2, 0) is 20.2 Å². The van der Waals surface area contributed by atoms with Crippen LogP contribution in [-0.4, -0.2) is 57.1 Å². The Bertz CT molecular complexity index is 1620. The van der Waals surface area contributed by atoms with Gasteiger partial charge in [-0.2, -0.15) is 0 Å². The quantitative estimate of drug-likeness (QED) is 0.279. The highest BCUT2D eigenvalue weighted by molar-refractivity contribution is 7.51. The molecule has 0 unspecified atom stereocenters. The topological polar surface area (TPSA) is 97.7 Å². The van der Waals surface area contributed by atoms with Gasteiger partial charge in [-0.25, -0.2) is 9.24 Å². The van der Waals surface area contributed by atoms with Crippen LogP contribution in [0.5, 0.6) is 23.0 Å². The Morgan fingerprint density at radius 3 is 2.28 bits per heavy atom. The molecule has 0 radical (unpaired) electrons. The van der Waals surface area contributed by atoms with Gasteiger partial charge in [-0.15, -0.1) is 0 Å². The predicted octanol–water partition coefficient (Wildman–Crippen LogP) is 4.14. The standard InChI is InChI=1S/C25H25N2O8P/c1-26(36(29)34-8-9-35-36)6-7-27-24-16(5-4-15-10-22-23(11-17(15)24)33-14-32-22)18-12-20(30-2)21(31-3)13-19(18)25(27)28/h4-5,10-13H,6-9,14H2,1-3H3. The van der Waals surface area contributed by atoms with Crippen molar-refractivity contribution >= 4 is 40.2 Å². The number of hydrogen-bond acceptors (Lipinski definition) is 8. The van der Waals surface area contributed by atoms with E-state index >= 15 is 0 Å². The van der Waals surface area contributed by atoms with Crippen molar-refractivity contribution in [2.45, 2.75) is 6.54 Å². The van der Waals surface area contributed by atoms with E-state index in [9.17, 15) is 9.36 Å². The molecular weight excluding hydrogens is 487 g/mol. The van der Waals surface area contributed by atoms with Crippen LogP contribution < -0.4 is 24.5 Å². The highest BCUT2D eigenvalue weighted by Gasteiger charge is 2.35. The summed E-state index contributed by atoms with van der Waals surface area (Å²) in [7, 11) is 1.41. The Kier molecular flexibility index (Phi) is 5.57. The minimum Gasteiger partial charge on any atom is -0.493 e. The van der Waals surface area contributed by atoms with Gasteiger partial charge in [-0.05, 0) is 36.7 Å². The van der Waals surface area contributed by atoms with Gasteiger partial charge < -0.3 is 23.5 Å². The molecule has 36 heavy (non-hydrogen) atoms. The van der Waals surface area contributed by atoms with Crippen molar-refractivity contribution in [2.24, 2.45) is 0 Å². The van der Waals surface area contributed by atoms with Crippen LogP contribution in [0, 0.1) is 0 Å². The lowest BCUT2D eigenvalue weighted by Gasteiger charge is -2.23. The lowest BCUT2D eigenvalue weighted by atomic mass is 10.00. The number of rotatable bonds is 6. The maximum absolute atomic E-state index is 14.0. The van der Waals surface area contributed by atoms with Crippen molar-refractivity contribution in [3.8, 4) is 23.0 Å². The first-order valence-electron chi connectivity index (χ1n) is 11.5. The molecule has 2 aliphatic heterocycles. The third-order valence-electron chi connectivity index (χ3n) is 6.70. The number of benzene rings is 3. The molecule has 188 valence electrons. The molecule has 3 aromatic carbocycles. The summed E-state index contributed by atoms with van der Waals surface area (Å²) < 4.78 is 49.1. The normalized spacial score (nSPS) is 16.4. The van der Waals surface area contributed by atoms with E-state index in [-0.39, 0.29) is 38.7 Å². The van der Waals surface area contributed by atoms with Gasteiger partial charge in [-0.1, -0.05) is 12.1 Å². The van der Waals surface area contributed by atoms with Gasteiger partial charge in [-0.3, -0.25) is 13.8 Å². The molecule has 0 spiro atoms. The molecular formula is C25H25N2O8P. The Morgan fingerprint density at radius 1 is 0.917 bits per heavy atom. The van der Waals surface area contributed by atoms with Crippen LogP contribution in [0.3, 0.4) is 0 Å². The number of aromatic nitrogens is 1. The first kappa shape index (κ1) is 23.1. The van der Waals surface area contributed by atoms with Crippen molar-refractivity contribution in [1.82, 2.24) is 9.24 Å². The molecule has 0 saturated carbocycles. The number of fused-ring (bicyclic) bond motifs is 6. The first-order valence-corrected chi connectivity index (χ1v) is 13.0. The third-order valence-corrected chi connectivity index (χ3v) is 8.76. The molecule has 0 bridgehead atoms. The second-order valence-electron chi connectivity index (χ2n) is 8.61. The first-order chi connectivity index (χ1) is 17.4. The summed E-state index contributed by atoms with van der Waals surface area (Å²) in [6, 6.07) is 11.3. The zero-order valence-electron chi connectivity index (χ0n) is 20.1. The minimum atomic E-state index is -3.36. The number of likely N-dealkylation sites (N-methyl/N-ethyl adjacent to an activating group) is 1. The summed E-state index contributed by atoms with van der Waals surface area (Å²) in [5.74, 6) is 2.28. The molecule has 10 nitrogen and oxygen atoms in total. The van der Waals surface area contributed by atoms with Gasteiger partial charge in [0.2, 0.25) is 6.79 Å². The summed E-state index contributed by atoms with van der Waals surface area (Å²) in [5, 5.41) is 3.84. The van der Waals surface area contributed by atoms with E-state index in [0.717, 1.165) is 27.1 Å². The number of hydrogen-bond donors (Lipinski definition) is 0. The average molecular weight is 512 g/mol. The average Bonchev–Trinajstić information content (AvgIpc) is 3.55. The van der Waals surface area contributed by atoms with Crippen molar-refractivity contribution in [3.05, 3.63) is 46.8 Å². The van der Waals surface area contributed by atoms with Gasteiger partial charge >= 0.3 is 7.75 Å². The van der Waals surface area contributed by atoms with Crippen molar-refractivity contribution in [3.63, 3.8) is 0 Å². The van der Waals surface area contributed by atoms with Crippen LogP contribution in [0.25, 0.3) is 32.4 Å². The molecule has 6 rings (SSSR count). The molecule has 4 aromatic rings. The Morgan fingerprint density at radius 2 is 1.58 bits per heavy atom. The number of pyridine rings is 1. The van der Waals surface area contributed by atoms with Crippen LogP contribution in [0.2, 0.25) is 0 Å². The fourth-order valence-electron chi connectivity index (χ4n) is 4.85. The van der Waals surface area contributed by atoms with E-state index in [4.69, 9.17) is 28.0 Å². The van der Waals surface area contributed by atoms with E-state index < -0.39 is 7.75 Å². The van der Waals surface area contributed by atoms with E-state index in [1.165, 1.54) is 11.8 Å². The minimum absolute atomic E-state index is 0.149. The van der Waals surface area contributed by atoms with Gasteiger partial charge in [0, 0.05) is 29.2 Å². The van der Waals surface area contributed by atoms with Crippen LogP contribution in [0.1, 0.15) is 0 Å². The third kappa shape index (κ3) is 3.52. The van der Waals surface area contributed by atoms with Gasteiger partial charge in [0.05, 0.1) is 38.3 Å². The van der Waals surface area contributed by atoms with Gasteiger partial charge in [0.25, 0.3) is 5.56 Å². The Labute approximate surface area is 206 Å². The van der Waals surface area contributed by atoms with Crippen molar-refractivity contribution < 1.29 is 32.6 Å². The second kappa shape index (κ2) is 8.67. The molecule has 2 aliphatic rings. The highest BCUT2D eigenvalue weighted by Crippen LogP contribution is 2.54. The summed E-state index contributed by atoms with van der Waals surface area (Å²) >= 11 is 0. The summed E-state index contributed by atoms with van der Waals surface area (Å²) in [4.78, 5) is 14.0. The molecule has 0 amide bonds. The smallest absolute Gasteiger partial charge is 0.408 e. The molecule has 0 atom stereocenters. The van der Waals surface area contributed by atoms with Gasteiger partial charge in [0.15, 0.2) is 23.0 Å². The van der Waals surface area contributed by atoms with Crippen molar-refractivity contribution in [2.75, 3.05) is 47.8 Å². The molecule has 3 heterocycles. The zero-order valence-corrected chi connectivity index (χ0v) is 21.0. The molecule has 0 aliphatic carbocycles. The fraction of sp³-hybridized carbons (Fsp3) is 0.320. The van der Waals surface area contributed by atoms with Crippen LogP contribution >= 0.6 is 7.75 Å². The predicted molar refractivity (Wildman–Crippen MR) is 135 cm³/mol. The summed E-state index contributed by atoms with van der Waals surface area (Å²) in [5.41, 5.74) is 0.527. The lowest BCUT2D eigenvalue weighted by molar-refractivity contribution is 0.174. The monoisotopic (exact) mass is 512 g/mol. The molecule has 1 fully saturated rings. The number of nitrogens with zero attached hydrogens (tertiary/aromatic N) is 2. The van der Waals surface area contributed by atoms with Crippen LogP contribution in [0.4, 0.5) is 0 Å². The molecule has 0 N–H and O–H groups in total. The molecule has 1 aromatic heterocycles. The maximum Gasteiger partial charge on any atom is 0.408 e. The molecule has 11 heteroatoms. The lowest BCUT2D eigenvalue weighted by Crippen LogP contribution is -2.28. The largest absolute Gasteiger partial charge is 0.493 e. The second-order valence-corrected chi connectivity index (χ2v) is 10.8. The van der Waals surface area contributed by atoms with Crippen molar-refractivity contribution in [1.29, 1.82) is 0 Å².